The van der Waals surface area contributed by atoms with Gasteiger partial charge in [0.25, 0.3) is 0 Å². The Morgan fingerprint density at radius 3 is 2.70 bits per heavy atom. The monoisotopic (exact) mass is 270 g/mol. The molecule has 2 aromatic rings. The number of amides is 1. The fourth-order valence-electron chi connectivity index (χ4n) is 2.75. The highest BCUT2D eigenvalue weighted by Gasteiger charge is 2.35. The predicted octanol–water partition coefficient (Wildman–Crippen LogP) is 1.60. The summed E-state index contributed by atoms with van der Waals surface area (Å²) in [5.41, 5.74) is 2.23. The molecule has 2 heterocycles. The number of nitrogens with one attached hydrogen (secondary N) is 1. The maximum Gasteiger partial charge on any atom is 0.209 e. The van der Waals surface area contributed by atoms with Crippen molar-refractivity contribution in [2.45, 2.75) is 6.04 Å². The molecule has 5 heteroatoms. The van der Waals surface area contributed by atoms with E-state index >= 15 is 0 Å². The summed E-state index contributed by atoms with van der Waals surface area (Å²) in [6.45, 7) is 1.58. The van der Waals surface area contributed by atoms with Crippen LogP contribution in [0.4, 0.5) is 5.69 Å². The standard InChI is InChI=1S/C15H18N4O/c1-16-14-7-17-19(10-14)15(12-5-3-2-4-6-12)13-8-18(9-13)11-20/h2-7,10-11,13,15-16H,8-9H2,1H3. The Kier molecular flexibility index (Phi) is 3.41. The molecule has 1 amide bonds. The molecule has 1 saturated heterocycles. The normalized spacial score (nSPS) is 16.6. The molecule has 5 nitrogen and oxygen atoms in total. The van der Waals surface area contributed by atoms with Crippen molar-refractivity contribution < 1.29 is 4.79 Å². The second-order valence-corrected chi connectivity index (χ2v) is 5.13. The number of hydrogen-bond donors (Lipinski definition) is 1. The van der Waals surface area contributed by atoms with Crippen molar-refractivity contribution in [1.82, 2.24) is 14.7 Å². The van der Waals surface area contributed by atoms with E-state index in [2.05, 4.69) is 22.5 Å². The summed E-state index contributed by atoms with van der Waals surface area (Å²) in [4.78, 5) is 12.6. The molecule has 3 rings (SSSR count). The van der Waals surface area contributed by atoms with Gasteiger partial charge in [0.15, 0.2) is 0 Å². The third kappa shape index (κ3) is 2.27. The van der Waals surface area contributed by atoms with Crippen molar-refractivity contribution in [3.05, 3.63) is 48.3 Å². The van der Waals surface area contributed by atoms with Crippen LogP contribution in [0.1, 0.15) is 11.6 Å². The fraction of sp³-hybridized carbons (Fsp3) is 0.333. The summed E-state index contributed by atoms with van der Waals surface area (Å²) in [7, 11) is 1.89. The van der Waals surface area contributed by atoms with Gasteiger partial charge in [-0.15, -0.1) is 0 Å². The molecule has 0 radical (unpaired) electrons. The first kappa shape index (κ1) is 12.7. The molecule has 1 fully saturated rings. The lowest BCUT2D eigenvalue weighted by Crippen LogP contribution is -2.49. The Morgan fingerprint density at radius 1 is 1.35 bits per heavy atom. The minimum Gasteiger partial charge on any atom is -0.386 e. The molecule has 1 aliphatic rings. The number of hydrogen-bond acceptors (Lipinski definition) is 3. The van der Waals surface area contributed by atoms with Gasteiger partial charge in [-0.1, -0.05) is 30.3 Å². The Bertz CT molecular complexity index is 575. The van der Waals surface area contributed by atoms with Crippen molar-refractivity contribution in [1.29, 1.82) is 0 Å². The van der Waals surface area contributed by atoms with Crippen LogP contribution in [0.25, 0.3) is 0 Å². The molecule has 1 N–H and O–H groups in total. The van der Waals surface area contributed by atoms with Crippen LogP contribution in [-0.2, 0) is 4.79 Å². The number of aromatic nitrogens is 2. The maximum atomic E-state index is 10.8. The molecule has 104 valence electrons. The van der Waals surface area contributed by atoms with Gasteiger partial charge in [-0.05, 0) is 5.56 Å². The third-order valence-electron chi connectivity index (χ3n) is 3.85. The van der Waals surface area contributed by atoms with E-state index in [1.165, 1.54) is 5.56 Å². The molecule has 1 aliphatic heterocycles. The maximum absolute atomic E-state index is 10.8. The molecule has 0 saturated carbocycles. The van der Waals surface area contributed by atoms with Crippen molar-refractivity contribution >= 4 is 12.1 Å². The zero-order valence-electron chi connectivity index (χ0n) is 11.4. The van der Waals surface area contributed by atoms with Gasteiger partial charge in [0.2, 0.25) is 6.41 Å². The van der Waals surface area contributed by atoms with Crippen LogP contribution in [0, 0.1) is 5.92 Å². The van der Waals surface area contributed by atoms with Crippen LogP contribution < -0.4 is 5.32 Å². The molecule has 1 atom stereocenters. The molecule has 1 aromatic heterocycles. The zero-order chi connectivity index (χ0) is 13.9. The highest BCUT2D eigenvalue weighted by molar-refractivity contribution is 5.49. The Morgan fingerprint density at radius 2 is 2.10 bits per heavy atom. The summed E-state index contributed by atoms with van der Waals surface area (Å²) >= 11 is 0. The highest BCUT2D eigenvalue weighted by Crippen LogP contribution is 2.32. The summed E-state index contributed by atoms with van der Waals surface area (Å²) in [6, 6.07) is 10.5. The largest absolute Gasteiger partial charge is 0.386 e. The van der Waals surface area contributed by atoms with Gasteiger partial charge in [0.1, 0.15) is 0 Å². The third-order valence-corrected chi connectivity index (χ3v) is 3.85. The number of rotatable bonds is 5. The first-order valence-corrected chi connectivity index (χ1v) is 6.78. The van der Waals surface area contributed by atoms with Gasteiger partial charge >= 0.3 is 0 Å². The van der Waals surface area contributed by atoms with Gasteiger partial charge in [-0.3, -0.25) is 9.48 Å². The van der Waals surface area contributed by atoms with E-state index in [4.69, 9.17) is 0 Å². The second-order valence-electron chi connectivity index (χ2n) is 5.13. The Labute approximate surface area is 118 Å². The highest BCUT2D eigenvalue weighted by atomic mass is 16.1. The van der Waals surface area contributed by atoms with Crippen LogP contribution in [0.15, 0.2) is 42.7 Å². The van der Waals surface area contributed by atoms with Crippen molar-refractivity contribution in [2.24, 2.45) is 5.92 Å². The lowest BCUT2D eigenvalue weighted by Gasteiger charge is -2.41. The topological polar surface area (TPSA) is 50.2 Å². The number of carbonyl (C=O) groups excluding carboxylic acids is 1. The number of nitrogens with zero attached hydrogens (tertiary/aromatic N) is 3. The van der Waals surface area contributed by atoms with Crippen LogP contribution in [0.2, 0.25) is 0 Å². The van der Waals surface area contributed by atoms with E-state index in [-0.39, 0.29) is 6.04 Å². The second kappa shape index (κ2) is 5.36. The SMILES string of the molecule is CNc1cnn(C(c2ccccc2)C2CN(C=O)C2)c1. The quantitative estimate of drug-likeness (QED) is 0.840. The summed E-state index contributed by atoms with van der Waals surface area (Å²) < 4.78 is 1.99. The van der Waals surface area contributed by atoms with E-state index in [1.54, 1.807) is 4.90 Å². The minimum absolute atomic E-state index is 0.175. The number of carbonyl (C=O) groups is 1. The lowest BCUT2D eigenvalue weighted by atomic mass is 9.87. The smallest absolute Gasteiger partial charge is 0.209 e. The van der Waals surface area contributed by atoms with E-state index in [0.717, 1.165) is 25.2 Å². The van der Waals surface area contributed by atoms with Crippen LogP contribution in [-0.4, -0.2) is 41.2 Å². The average Bonchev–Trinajstić information content (AvgIpc) is 2.91. The van der Waals surface area contributed by atoms with Gasteiger partial charge in [0, 0.05) is 32.3 Å². The summed E-state index contributed by atoms with van der Waals surface area (Å²) in [6.07, 6.45) is 4.76. The molecule has 0 bridgehead atoms. The van der Waals surface area contributed by atoms with Crippen molar-refractivity contribution in [3.8, 4) is 0 Å². The predicted molar refractivity (Wildman–Crippen MR) is 77.5 cm³/mol. The first-order valence-electron chi connectivity index (χ1n) is 6.78. The average molecular weight is 270 g/mol. The lowest BCUT2D eigenvalue weighted by molar-refractivity contribution is -0.124. The summed E-state index contributed by atoms with van der Waals surface area (Å²) in [5, 5.41) is 7.56. The molecular weight excluding hydrogens is 252 g/mol. The van der Waals surface area contributed by atoms with Crippen LogP contribution in [0.5, 0.6) is 0 Å². The van der Waals surface area contributed by atoms with Crippen LogP contribution in [0.3, 0.4) is 0 Å². The number of anilines is 1. The zero-order valence-corrected chi connectivity index (χ0v) is 11.4. The van der Waals surface area contributed by atoms with Gasteiger partial charge in [-0.25, -0.2) is 0 Å². The molecule has 1 aromatic carbocycles. The number of benzene rings is 1. The Balaban J connectivity index is 1.89. The summed E-state index contributed by atoms with van der Waals surface area (Å²) in [5.74, 6) is 0.409. The van der Waals surface area contributed by atoms with Gasteiger partial charge in [0.05, 0.1) is 17.9 Å². The van der Waals surface area contributed by atoms with Gasteiger partial charge < -0.3 is 10.2 Å². The van der Waals surface area contributed by atoms with Gasteiger partial charge in [-0.2, -0.15) is 5.10 Å². The molecular formula is C15H18N4O. The first-order chi connectivity index (χ1) is 9.81. The minimum atomic E-state index is 0.175. The number of likely N-dealkylation sites (tertiary alicyclic amines) is 1. The fourth-order valence-corrected chi connectivity index (χ4v) is 2.75. The van der Waals surface area contributed by atoms with E-state index in [0.29, 0.717) is 5.92 Å². The molecule has 20 heavy (non-hydrogen) atoms. The molecule has 0 aliphatic carbocycles. The molecule has 1 unspecified atom stereocenters. The van der Waals surface area contributed by atoms with Crippen molar-refractivity contribution in [3.63, 3.8) is 0 Å². The molecule has 0 spiro atoms. The Hall–Kier alpha value is -2.30. The van der Waals surface area contributed by atoms with E-state index < -0.39 is 0 Å². The van der Waals surface area contributed by atoms with E-state index in [1.807, 2.05) is 42.3 Å². The van der Waals surface area contributed by atoms with Crippen molar-refractivity contribution in [2.75, 3.05) is 25.5 Å². The van der Waals surface area contributed by atoms with Crippen LogP contribution >= 0.6 is 0 Å². The van der Waals surface area contributed by atoms with E-state index in [9.17, 15) is 4.79 Å².